The van der Waals surface area contributed by atoms with E-state index in [4.69, 9.17) is 5.11 Å². The number of alkyl halides is 2. The largest absolute Gasteiger partial charge is 0.390 e. The van der Waals surface area contributed by atoms with Crippen LogP contribution in [0.3, 0.4) is 0 Å². The van der Waals surface area contributed by atoms with E-state index in [1.165, 1.54) is 0 Å². The van der Waals surface area contributed by atoms with Gasteiger partial charge in [0.2, 0.25) is 0 Å². The van der Waals surface area contributed by atoms with Crippen LogP contribution in [0.25, 0.3) is 0 Å². The molecule has 21 heavy (non-hydrogen) atoms. The summed E-state index contributed by atoms with van der Waals surface area (Å²) in [4.78, 5) is 2.84. The summed E-state index contributed by atoms with van der Waals surface area (Å²) in [6, 6.07) is 6.21. The lowest BCUT2D eigenvalue weighted by molar-refractivity contribution is -0.118. The Labute approximate surface area is 128 Å². The van der Waals surface area contributed by atoms with E-state index >= 15 is 0 Å². The van der Waals surface area contributed by atoms with Gasteiger partial charge in [-0.05, 0) is 23.4 Å². The van der Waals surface area contributed by atoms with E-state index < -0.39 is 18.6 Å². The van der Waals surface area contributed by atoms with Crippen LogP contribution in [0.5, 0.6) is 0 Å². The molecule has 6 heteroatoms. The van der Waals surface area contributed by atoms with Gasteiger partial charge in [-0.2, -0.15) is 0 Å². The molecule has 0 radical (unpaired) electrons. The molecule has 1 aromatic rings. The lowest BCUT2D eigenvalue weighted by Crippen LogP contribution is -2.51. The van der Waals surface area contributed by atoms with Crippen LogP contribution < -0.4 is 5.32 Å². The number of piperazine rings is 1. The average Bonchev–Trinajstić information content (AvgIpc) is 2.50. The van der Waals surface area contributed by atoms with E-state index in [0.717, 1.165) is 10.6 Å². The van der Waals surface area contributed by atoms with Crippen molar-refractivity contribution in [3.05, 3.63) is 29.8 Å². The molecule has 2 rings (SSSR count). The maximum absolute atomic E-state index is 14.2. The normalized spacial score (nSPS) is 18.7. The second-order valence-corrected chi connectivity index (χ2v) is 6.45. The van der Waals surface area contributed by atoms with E-state index in [-0.39, 0.29) is 0 Å². The lowest BCUT2D eigenvalue weighted by Gasteiger charge is -2.38. The van der Waals surface area contributed by atoms with Crippen molar-refractivity contribution in [2.75, 3.05) is 38.5 Å². The zero-order chi connectivity index (χ0) is 15.3. The summed E-state index contributed by atoms with van der Waals surface area (Å²) in [5.41, 5.74) is 0.566. The van der Waals surface area contributed by atoms with Crippen LogP contribution in [0.1, 0.15) is 18.5 Å². The zero-order valence-corrected chi connectivity index (χ0v) is 13.0. The summed E-state index contributed by atoms with van der Waals surface area (Å²) >= 11 is 1.68. The Morgan fingerprint density at radius 3 is 2.43 bits per heavy atom. The molecule has 1 saturated heterocycles. The van der Waals surface area contributed by atoms with Crippen molar-refractivity contribution in [2.24, 2.45) is 0 Å². The molecule has 0 aliphatic carbocycles. The number of aliphatic hydroxyl groups is 1. The Morgan fingerprint density at radius 1 is 1.29 bits per heavy atom. The molecular weight excluding hydrogens is 294 g/mol. The number of aliphatic hydroxyl groups excluding tert-OH is 1. The summed E-state index contributed by atoms with van der Waals surface area (Å²) in [7, 11) is 0. The van der Waals surface area contributed by atoms with Crippen LogP contribution in [-0.4, -0.2) is 54.5 Å². The van der Waals surface area contributed by atoms with E-state index in [1.54, 1.807) is 28.8 Å². The average molecular weight is 316 g/mol. The van der Waals surface area contributed by atoms with Crippen molar-refractivity contribution in [1.29, 1.82) is 0 Å². The molecule has 0 spiro atoms. The molecule has 2 N–H and O–H groups in total. The molecular formula is C15H22F2N2OS. The third-order valence-electron chi connectivity index (χ3n) is 3.63. The van der Waals surface area contributed by atoms with Crippen LogP contribution >= 0.6 is 11.8 Å². The first-order valence-electron chi connectivity index (χ1n) is 7.24. The Kier molecular flexibility index (Phi) is 5.98. The molecule has 1 heterocycles. The Bertz CT molecular complexity index is 436. The van der Waals surface area contributed by atoms with E-state index in [9.17, 15) is 8.78 Å². The quantitative estimate of drug-likeness (QED) is 0.790. The van der Waals surface area contributed by atoms with Crippen molar-refractivity contribution < 1.29 is 13.9 Å². The number of halogens is 2. The number of thioether (sulfide) groups is 1. The van der Waals surface area contributed by atoms with Gasteiger partial charge in [-0.1, -0.05) is 19.1 Å². The minimum atomic E-state index is -3.14. The second kappa shape index (κ2) is 7.54. The molecule has 0 aromatic heterocycles. The number of rotatable bonds is 6. The number of hydrogen-bond donors (Lipinski definition) is 2. The van der Waals surface area contributed by atoms with E-state index in [1.807, 2.05) is 12.1 Å². The predicted octanol–water partition coefficient (Wildman–Crippen LogP) is 2.37. The van der Waals surface area contributed by atoms with Crippen LogP contribution in [0, 0.1) is 0 Å². The second-order valence-electron chi connectivity index (χ2n) is 5.11. The standard InChI is InChI=1S/C15H22F2N2OS/c1-2-21-13-5-3-12(4-6-13)14(15(16,17)11-20)19-9-7-18-8-10-19/h3-6,14,18,20H,2,7-11H2,1H3/t14-/m0/s1. The molecule has 0 saturated carbocycles. The van der Waals surface area contributed by atoms with Crippen molar-refractivity contribution in [3.63, 3.8) is 0 Å². The first kappa shape index (κ1) is 16.7. The van der Waals surface area contributed by atoms with Gasteiger partial charge in [-0.15, -0.1) is 11.8 Å². The maximum atomic E-state index is 14.2. The molecule has 1 aliphatic rings. The highest BCUT2D eigenvalue weighted by Gasteiger charge is 2.43. The predicted molar refractivity (Wildman–Crippen MR) is 82.1 cm³/mol. The van der Waals surface area contributed by atoms with Crippen molar-refractivity contribution in [1.82, 2.24) is 10.2 Å². The zero-order valence-electron chi connectivity index (χ0n) is 12.2. The van der Waals surface area contributed by atoms with Crippen molar-refractivity contribution in [3.8, 4) is 0 Å². The highest BCUT2D eigenvalue weighted by Crippen LogP contribution is 2.37. The van der Waals surface area contributed by atoms with Gasteiger partial charge < -0.3 is 10.4 Å². The molecule has 1 atom stereocenters. The highest BCUT2D eigenvalue weighted by atomic mass is 32.2. The van der Waals surface area contributed by atoms with Crippen LogP contribution in [0.2, 0.25) is 0 Å². The third kappa shape index (κ3) is 4.16. The highest BCUT2D eigenvalue weighted by molar-refractivity contribution is 7.99. The Hall–Kier alpha value is -0.690. The van der Waals surface area contributed by atoms with Gasteiger partial charge in [-0.3, -0.25) is 4.90 Å². The summed E-state index contributed by atoms with van der Waals surface area (Å²) in [6.07, 6.45) is 0. The molecule has 1 aromatic carbocycles. The van der Waals surface area contributed by atoms with Gasteiger partial charge in [0, 0.05) is 31.1 Å². The maximum Gasteiger partial charge on any atom is 0.289 e. The van der Waals surface area contributed by atoms with Crippen LogP contribution in [0.4, 0.5) is 8.78 Å². The fraction of sp³-hybridized carbons (Fsp3) is 0.600. The lowest BCUT2D eigenvalue weighted by atomic mass is 9.98. The summed E-state index contributed by atoms with van der Waals surface area (Å²) in [5, 5.41) is 12.3. The Balaban J connectivity index is 2.25. The summed E-state index contributed by atoms with van der Waals surface area (Å²) in [5.74, 6) is -2.19. The van der Waals surface area contributed by atoms with Crippen LogP contribution in [0.15, 0.2) is 29.2 Å². The first-order chi connectivity index (χ1) is 10.1. The first-order valence-corrected chi connectivity index (χ1v) is 8.23. The number of nitrogens with zero attached hydrogens (tertiary/aromatic N) is 1. The monoisotopic (exact) mass is 316 g/mol. The molecule has 0 unspecified atom stereocenters. The van der Waals surface area contributed by atoms with Crippen molar-refractivity contribution in [2.45, 2.75) is 23.8 Å². The molecule has 0 bridgehead atoms. The summed E-state index contributed by atoms with van der Waals surface area (Å²) in [6.45, 7) is 3.44. The minimum Gasteiger partial charge on any atom is -0.390 e. The number of benzene rings is 1. The number of nitrogens with one attached hydrogen (secondary N) is 1. The van der Waals surface area contributed by atoms with Gasteiger partial charge in [0.05, 0.1) is 0 Å². The summed E-state index contributed by atoms with van der Waals surface area (Å²) < 4.78 is 28.4. The molecule has 0 amide bonds. The smallest absolute Gasteiger partial charge is 0.289 e. The Morgan fingerprint density at radius 2 is 1.90 bits per heavy atom. The third-order valence-corrected chi connectivity index (χ3v) is 4.53. The van der Waals surface area contributed by atoms with Crippen LogP contribution in [-0.2, 0) is 0 Å². The fourth-order valence-corrected chi connectivity index (χ4v) is 3.32. The van der Waals surface area contributed by atoms with Gasteiger partial charge >= 0.3 is 0 Å². The molecule has 118 valence electrons. The molecule has 1 aliphatic heterocycles. The fourth-order valence-electron chi connectivity index (χ4n) is 2.66. The minimum absolute atomic E-state index is 0.561. The van der Waals surface area contributed by atoms with Gasteiger partial charge in [-0.25, -0.2) is 8.78 Å². The van der Waals surface area contributed by atoms with E-state index in [2.05, 4.69) is 12.2 Å². The van der Waals surface area contributed by atoms with E-state index in [0.29, 0.717) is 31.7 Å². The SMILES string of the molecule is CCSc1ccc([C@H](N2CCNCC2)C(F)(F)CO)cc1. The number of hydrogen-bond acceptors (Lipinski definition) is 4. The van der Waals surface area contributed by atoms with Gasteiger partial charge in [0.25, 0.3) is 5.92 Å². The molecule has 1 fully saturated rings. The van der Waals surface area contributed by atoms with Crippen molar-refractivity contribution >= 4 is 11.8 Å². The van der Waals surface area contributed by atoms with Gasteiger partial charge in [0.15, 0.2) is 0 Å². The topological polar surface area (TPSA) is 35.5 Å². The van der Waals surface area contributed by atoms with Gasteiger partial charge in [0.1, 0.15) is 12.6 Å². The molecule has 3 nitrogen and oxygen atoms in total.